The summed E-state index contributed by atoms with van der Waals surface area (Å²) >= 11 is 0. The Morgan fingerprint density at radius 3 is 2.50 bits per heavy atom. The number of sulfonamides is 1. The van der Waals surface area contributed by atoms with E-state index in [2.05, 4.69) is 4.98 Å². The molecule has 8 nitrogen and oxygen atoms in total. The molecule has 176 valence electrons. The van der Waals surface area contributed by atoms with Crippen LogP contribution in [-0.2, 0) is 14.8 Å². The first-order valence-electron chi connectivity index (χ1n) is 11.2. The number of fused-ring (bicyclic) bond motifs is 2. The first-order chi connectivity index (χ1) is 16.5. The third kappa shape index (κ3) is 4.62. The highest BCUT2D eigenvalue weighted by Gasteiger charge is 2.30. The molecule has 2 aliphatic rings. The maximum absolute atomic E-state index is 13.2. The average Bonchev–Trinajstić information content (AvgIpc) is 3.12. The molecule has 0 radical (unpaired) electrons. The van der Waals surface area contributed by atoms with Gasteiger partial charge in [0.1, 0.15) is 0 Å². The summed E-state index contributed by atoms with van der Waals surface area (Å²) in [4.78, 5) is 19.0. The van der Waals surface area contributed by atoms with Gasteiger partial charge in [-0.3, -0.25) is 4.79 Å². The van der Waals surface area contributed by atoms with Crippen LogP contribution in [0.4, 0.5) is 0 Å². The van der Waals surface area contributed by atoms with Gasteiger partial charge in [-0.1, -0.05) is 24.3 Å². The molecule has 0 N–H and O–H groups in total. The van der Waals surface area contributed by atoms with Crippen molar-refractivity contribution in [1.82, 2.24) is 14.2 Å². The van der Waals surface area contributed by atoms with E-state index >= 15 is 0 Å². The minimum absolute atomic E-state index is 0.164. The summed E-state index contributed by atoms with van der Waals surface area (Å²) in [7, 11) is -3.70. The number of hydrogen-bond donors (Lipinski definition) is 0. The van der Waals surface area contributed by atoms with Crippen molar-refractivity contribution in [3.63, 3.8) is 0 Å². The second kappa shape index (κ2) is 9.44. The van der Waals surface area contributed by atoms with Gasteiger partial charge in [-0.05, 0) is 30.3 Å². The van der Waals surface area contributed by atoms with Gasteiger partial charge in [-0.25, -0.2) is 13.4 Å². The van der Waals surface area contributed by atoms with Crippen LogP contribution in [0.1, 0.15) is 12.1 Å². The zero-order valence-corrected chi connectivity index (χ0v) is 19.4. The molecule has 0 bridgehead atoms. The highest BCUT2D eigenvalue weighted by molar-refractivity contribution is 7.89. The number of carbonyl (C=O) groups is 1. The normalized spacial score (nSPS) is 17.1. The molecule has 1 fully saturated rings. The lowest BCUT2D eigenvalue weighted by atomic mass is 10.2. The number of benzene rings is 2. The van der Waals surface area contributed by atoms with E-state index in [9.17, 15) is 13.2 Å². The molecular formula is C25H25N3O5S. The molecule has 2 aliphatic heterocycles. The van der Waals surface area contributed by atoms with Crippen molar-refractivity contribution in [3.8, 4) is 11.5 Å². The molecule has 0 unspecified atom stereocenters. The summed E-state index contributed by atoms with van der Waals surface area (Å²) in [6, 6.07) is 16.3. The number of aromatic nitrogens is 1. The van der Waals surface area contributed by atoms with E-state index in [1.165, 1.54) is 16.4 Å². The Morgan fingerprint density at radius 1 is 0.912 bits per heavy atom. The number of carbonyl (C=O) groups excluding carboxylic acids is 1. The summed E-state index contributed by atoms with van der Waals surface area (Å²) in [5, 5.41) is 1.04. The van der Waals surface area contributed by atoms with Gasteiger partial charge in [0.15, 0.2) is 11.5 Å². The van der Waals surface area contributed by atoms with E-state index in [4.69, 9.17) is 9.47 Å². The third-order valence-corrected chi connectivity index (χ3v) is 7.82. The molecular weight excluding hydrogens is 454 g/mol. The minimum atomic E-state index is -3.70. The van der Waals surface area contributed by atoms with E-state index in [1.807, 2.05) is 36.4 Å². The van der Waals surface area contributed by atoms with Crippen LogP contribution in [0.15, 0.2) is 65.6 Å². The van der Waals surface area contributed by atoms with E-state index in [0.29, 0.717) is 43.5 Å². The number of amides is 1. The number of ether oxygens (including phenoxy) is 2. The Kier molecular flexibility index (Phi) is 6.21. The van der Waals surface area contributed by atoms with Crippen LogP contribution < -0.4 is 9.47 Å². The number of hydrogen-bond acceptors (Lipinski definition) is 6. The number of nitrogens with zero attached hydrogens (tertiary/aromatic N) is 3. The molecule has 1 amide bonds. The molecule has 0 spiro atoms. The van der Waals surface area contributed by atoms with Gasteiger partial charge < -0.3 is 14.4 Å². The lowest BCUT2D eigenvalue weighted by molar-refractivity contribution is -0.127. The Morgan fingerprint density at radius 2 is 1.68 bits per heavy atom. The van der Waals surface area contributed by atoms with E-state index in [1.54, 1.807) is 23.1 Å². The summed E-state index contributed by atoms with van der Waals surface area (Å²) < 4.78 is 38.9. The number of para-hydroxylation sites is 1. The fraction of sp³-hybridized carbons (Fsp3) is 0.280. The molecule has 3 aromatic rings. The van der Waals surface area contributed by atoms with E-state index in [-0.39, 0.29) is 23.9 Å². The van der Waals surface area contributed by atoms with Crippen LogP contribution in [0, 0.1) is 0 Å². The van der Waals surface area contributed by atoms with Gasteiger partial charge in [0, 0.05) is 50.1 Å². The van der Waals surface area contributed by atoms with E-state index in [0.717, 1.165) is 17.3 Å². The van der Waals surface area contributed by atoms with Gasteiger partial charge in [-0.15, -0.1) is 0 Å². The summed E-state index contributed by atoms with van der Waals surface area (Å²) in [6.45, 7) is 2.12. The molecule has 5 rings (SSSR count). The molecule has 2 aromatic carbocycles. The van der Waals surface area contributed by atoms with Crippen molar-refractivity contribution in [2.75, 3.05) is 39.4 Å². The van der Waals surface area contributed by atoms with Crippen molar-refractivity contribution in [3.05, 3.63) is 66.4 Å². The SMILES string of the molecule is O=C(/C=C/c1ccc2ccccc2n1)N1CCN(S(=O)(=O)c2ccc3c(c2)OCCCO3)CC1. The molecule has 3 heterocycles. The first-order valence-corrected chi connectivity index (χ1v) is 12.7. The van der Waals surface area contributed by atoms with Crippen molar-refractivity contribution >= 4 is 32.9 Å². The molecule has 1 saturated heterocycles. The van der Waals surface area contributed by atoms with Crippen LogP contribution in [-0.4, -0.2) is 67.9 Å². The lowest BCUT2D eigenvalue weighted by Crippen LogP contribution is -2.50. The lowest BCUT2D eigenvalue weighted by Gasteiger charge is -2.33. The topological polar surface area (TPSA) is 89.0 Å². The maximum atomic E-state index is 13.2. The minimum Gasteiger partial charge on any atom is -0.490 e. The molecule has 0 atom stereocenters. The second-order valence-corrected chi connectivity index (χ2v) is 10.1. The van der Waals surface area contributed by atoms with Crippen molar-refractivity contribution in [2.24, 2.45) is 0 Å². The smallest absolute Gasteiger partial charge is 0.246 e. The number of piperazine rings is 1. The fourth-order valence-corrected chi connectivity index (χ4v) is 5.48. The predicted molar refractivity (Wildman–Crippen MR) is 128 cm³/mol. The van der Waals surface area contributed by atoms with Gasteiger partial charge in [0.05, 0.1) is 29.3 Å². The standard InChI is InChI=1S/C25H25N3O5S/c29-25(11-8-20-7-6-19-4-1-2-5-22(19)26-20)27-12-14-28(15-13-27)34(30,31)21-9-10-23-24(18-21)33-17-3-16-32-23/h1-2,4-11,18H,3,12-17H2/b11-8+. The van der Waals surface area contributed by atoms with Gasteiger partial charge in [0.25, 0.3) is 0 Å². The summed E-state index contributed by atoms with van der Waals surface area (Å²) in [6.07, 6.45) is 3.93. The maximum Gasteiger partial charge on any atom is 0.246 e. The van der Waals surface area contributed by atoms with E-state index < -0.39 is 10.0 Å². The molecule has 34 heavy (non-hydrogen) atoms. The van der Waals surface area contributed by atoms with Crippen molar-refractivity contribution in [2.45, 2.75) is 11.3 Å². The highest BCUT2D eigenvalue weighted by Crippen LogP contribution is 2.33. The van der Waals surface area contributed by atoms with Crippen molar-refractivity contribution in [1.29, 1.82) is 0 Å². The Labute approximate surface area is 198 Å². The first kappa shape index (κ1) is 22.4. The van der Waals surface area contributed by atoms with Crippen LogP contribution >= 0.6 is 0 Å². The average molecular weight is 480 g/mol. The number of pyridine rings is 1. The molecule has 1 aromatic heterocycles. The van der Waals surface area contributed by atoms with Gasteiger partial charge in [-0.2, -0.15) is 4.31 Å². The largest absolute Gasteiger partial charge is 0.490 e. The van der Waals surface area contributed by atoms with Crippen LogP contribution in [0.3, 0.4) is 0 Å². The Bertz CT molecular complexity index is 1350. The van der Waals surface area contributed by atoms with Gasteiger partial charge >= 0.3 is 0 Å². The zero-order chi connectivity index (χ0) is 23.5. The van der Waals surface area contributed by atoms with Crippen LogP contribution in [0.2, 0.25) is 0 Å². The predicted octanol–water partition coefficient (Wildman–Crippen LogP) is 2.94. The zero-order valence-electron chi connectivity index (χ0n) is 18.6. The quantitative estimate of drug-likeness (QED) is 0.535. The van der Waals surface area contributed by atoms with Gasteiger partial charge in [0.2, 0.25) is 15.9 Å². The Balaban J connectivity index is 1.22. The summed E-state index contributed by atoms with van der Waals surface area (Å²) in [5.74, 6) is 0.835. The number of rotatable bonds is 4. The molecule has 0 saturated carbocycles. The second-order valence-electron chi connectivity index (χ2n) is 8.15. The fourth-order valence-electron chi connectivity index (χ4n) is 4.04. The van der Waals surface area contributed by atoms with Crippen LogP contribution in [0.25, 0.3) is 17.0 Å². The molecule has 9 heteroatoms. The highest BCUT2D eigenvalue weighted by atomic mass is 32.2. The monoisotopic (exact) mass is 479 g/mol. The van der Waals surface area contributed by atoms with Crippen molar-refractivity contribution < 1.29 is 22.7 Å². The third-order valence-electron chi connectivity index (χ3n) is 5.92. The van der Waals surface area contributed by atoms with Crippen LogP contribution in [0.5, 0.6) is 11.5 Å². The Hall–Kier alpha value is -3.43. The molecule has 0 aliphatic carbocycles. The summed E-state index contributed by atoms with van der Waals surface area (Å²) in [5.41, 5.74) is 1.56.